The second kappa shape index (κ2) is 9.16. The van der Waals surface area contributed by atoms with Crippen LogP contribution in [0.1, 0.15) is 32.6 Å². The van der Waals surface area contributed by atoms with Crippen LogP contribution in [0.4, 0.5) is 0 Å². The zero-order chi connectivity index (χ0) is 10.8. The molecule has 84 valence electrons. The molecule has 0 aliphatic carbocycles. The van der Waals surface area contributed by atoms with Crippen LogP contribution in [0, 0.1) is 0 Å². The summed E-state index contributed by atoms with van der Waals surface area (Å²) in [5, 5.41) is 2.75. The molecule has 1 aliphatic heterocycles. The quantitative estimate of drug-likeness (QED) is 0.745. The predicted octanol–water partition coefficient (Wildman–Crippen LogP) is 1.29. The van der Waals surface area contributed by atoms with Gasteiger partial charge in [0.15, 0.2) is 0 Å². The Morgan fingerprint density at radius 3 is 2.21 bits per heavy atom. The van der Waals surface area contributed by atoms with Crippen molar-refractivity contribution < 1.29 is 4.79 Å². The number of hydrogen-bond donors (Lipinski definition) is 1. The second-order valence-electron chi connectivity index (χ2n) is 3.73. The zero-order valence-corrected chi connectivity index (χ0v) is 9.81. The summed E-state index contributed by atoms with van der Waals surface area (Å²) < 4.78 is 0. The standard InChI is InChI=1S/C9H17NO.C2H7N/c1-2-3-6-10-7-4-9(11)5-8-10;1-3-2/h2-8H2,1H3;3H,1-2H3. The van der Waals surface area contributed by atoms with Crippen molar-refractivity contribution in [1.82, 2.24) is 10.2 Å². The average molecular weight is 200 g/mol. The number of carbonyl (C=O) groups excluding carboxylic acids is 1. The van der Waals surface area contributed by atoms with E-state index in [-0.39, 0.29) is 0 Å². The van der Waals surface area contributed by atoms with Gasteiger partial charge in [0.2, 0.25) is 0 Å². The third-order valence-electron chi connectivity index (χ3n) is 2.24. The van der Waals surface area contributed by atoms with Crippen molar-refractivity contribution in [2.75, 3.05) is 33.7 Å². The lowest BCUT2D eigenvalue weighted by Gasteiger charge is -2.25. The molecule has 0 amide bonds. The SMILES string of the molecule is CCCCN1CCC(=O)CC1.CNC. The Balaban J connectivity index is 0.000000500. The largest absolute Gasteiger partial charge is 0.323 e. The highest BCUT2D eigenvalue weighted by molar-refractivity contribution is 5.79. The van der Waals surface area contributed by atoms with Crippen LogP contribution in [-0.4, -0.2) is 44.4 Å². The Morgan fingerprint density at radius 1 is 1.29 bits per heavy atom. The highest BCUT2D eigenvalue weighted by atomic mass is 16.1. The lowest BCUT2D eigenvalue weighted by molar-refractivity contribution is -0.121. The summed E-state index contributed by atoms with van der Waals surface area (Å²) in [6.07, 6.45) is 4.09. The summed E-state index contributed by atoms with van der Waals surface area (Å²) in [6.45, 7) is 5.39. The minimum atomic E-state index is 0.442. The van der Waals surface area contributed by atoms with Crippen molar-refractivity contribution in [3.8, 4) is 0 Å². The molecule has 1 N–H and O–H groups in total. The van der Waals surface area contributed by atoms with E-state index >= 15 is 0 Å². The van der Waals surface area contributed by atoms with Gasteiger partial charge in [0, 0.05) is 25.9 Å². The Labute approximate surface area is 87.9 Å². The van der Waals surface area contributed by atoms with Gasteiger partial charge >= 0.3 is 0 Å². The molecular weight excluding hydrogens is 176 g/mol. The van der Waals surface area contributed by atoms with Crippen LogP contribution in [0.25, 0.3) is 0 Å². The maximum Gasteiger partial charge on any atom is 0.135 e. The van der Waals surface area contributed by atoms with E-state index in [2.05, 4.69) is 17.1 Å². The highest BCUT2D eigenvalue weighted by Crippen LogP contribution is 2.06. The van der Waals surface area contributed by atoms with Gasteiger partial charge in [0.05, 0.1) is 0 Å². The van der Waals surface area contributed by atoms with Crippen molar-refractivity contribution in [3.63, 3.8) is 0 Å². The molecule has 0 bridgehead atoms. The van der Waals surface area contributed by atoms with Crippen LogP contribution in [0.15, 0.2) is 0 Å². The van der Waals surface area contributed by atoms with Crippen LogP contribution in [-0.2, 0) is 4.79 Å². The van der Waals surface area contributed by atoms with Crippen LogP contribution >= 0.6 is 0 Å². The van der Waals surface area contributed by atoms with E-state index in [0.29, 0.717) is 5.78 Å². The molecule has 14 heavy (non-hydrogen) atoms. The molecule has 0 saturated carbocycles. The fourth-order valence-corrected chi connectivity index (χ4v) is 1.41. The molecule has 0 unspecified atom stereocenters. The van der Waals surface area contributed by atoms with Crippen molar-refractivity contribution in [2.24, 2.45) is 0 Å². The maximum absolute atomic E-state index is 10.9. The normalized spacial score (nSPS) is 17.5. The van der Waals surface area contributed by atoms with Crippen LogP contribution < -0.4 is 5.32 Å². The van der Waals surface area contributed by atoms with Gasteiger partial charge in [0.1, 0.15) is 5.78 Å². The number of piperidine rings is 1. The van der Waals surface area contributed by atoms with Gasteiger partial charge in [-0.05, 0) is 27.1 Å². The van der Waals surface area contributed by atoms with Crippen LogP contribution in [0.2, 0.25) is 0 Å². The van der Waals surface area contributed by atoms with E-state index in [1.165, 1.54) is 19.4 Å². The van der Waals surface area contributed by atoms with Gasteiger partial charge in [-0.25, -0.2) is 0 Å². The molecule has 3 nitrogen and oxygen atoms in total. The van der Waals surface area contributed by atoms with Crippen molar-refractivity contribution in [1.29, 1.82) is 0 Å². The predicted molar refractivity (Wildman–Crippen MR) is 60.6 cm³/mol. The molecule has 0 aromatic rings. The molecule has 0 atom stereocenters. The second-order valence-corrected chi connectivity index (χ2v) is 3.73. The van der Waals surface area contributed by atoms with Gasteiger partial charge in [-0.15, -0.1) is 0 Å². The lowest BCUT2D eigenvalue weighted by Crippen LogP contribution is -2.34. The Morgan fingerprint density at radius 2 is 1.79 bits per heavy atom. The molecule has 0 aromatic heterocycles. The summed E-state index contributed by atoms with van der Waals surface area (Å²) in [5.41, 5.74) is 0. The van der Waals surface area contributed by atoms with Crippen molar-refractivity contribution >= 4 is 5.78 Å². The summed E-state index contributed by atoms with van der Waals surface area (Å²) in [7, 11) is 3.75. The van der Waals surface area contributed by atoms with E-state index in [1.54, 1.807) is 0 Å². The first-order valence-corrected chi connectivity index (χ1v) is 5.57. The number of unbranched alkanes of at least 4 members (excludes halogenated alkanes) is 1. The van der Waals surface area contributed by atoms with Crippen molar-refractivity contribution in [2.45, 2.75) is 32.6 Å². The van der Waals surface area contributed by atoms with Gasteiger partial charge in [-0.3, -0.25) is 4.79 Å². The minimum Gasteiger partial charge on any atom is -0.323 e. The van der Waals surface area contributed by atoms with Crippen LogP contribution in [0.5, 0.6) is 0 Å². The Bertz CT molecular complexity index is 138. The number of ketones is 1. The van der Waals surface area contributed by atoms with E-state index in [9.17, 15) is 4.79 Å². The first-order chi connectivity index (χ1) is 6.74. The summed E-state index contributed by atoms with van der Waals surface area (Å²) >= 11 is 0. The molecule has 0 spiro atoms. The summed E-state index contributed by atoms with van der Waals surface area (Å²) in [5.74, 6) is 0.442. The number of likely N-dealkylation sites (tertiary alicyclic amines) is 1. The average Bonchev–Trinajstić information content (AvgIpc) is 2.18. The molecule has 1 aliphatic rings. The summed E-state index contributed by atoms with van der Waals surface area (Å²) in [4.78, 5) is 13.2. The molecule has 1 rings (SSSR count). The monoisotopic (exact) mass is 200 g/mol. The molecule has 0 radical (unpaired) electrons. The van der Waals surface area contributed by atoms with E-state index in [0.717, 1.165) is 25.9 Å². The first-order valence-electron chi connectivity index (χ1n) is 5.57. The summed E-state index contributed by atoms with van der Waals surface area (Å²) in [6, 6.07) is 0. The van der Waals surface area contributed by atoms with Gasteiger partial charge in [0.25, 0.3) is 0 Å². The Kier molecular flexibility index (Phi) is 8.89. The number of nitrogens with zero attached hydrogens (tertiary/aromatic N) is 1. The fraction of sp³-hybridized carbons (Fsp3) is 0.909. The van der Waals surface area contributed by atoms with E-state index in [1.807, 2.05) is 14.1 Å². The van der Waals surface area contributed by atoms with Crippen molar-refractivity contribution in [3.05, 3.63) is 0 Å². The number of hydrogen-bond acceptors (Lipinski definition) is 3. The smallest absolute Gasteiger partial charge is 0.135 e. The molecule has 1 heterocycles. The highest BCUT2D eigenvalue weighted by Gasteiger charge is 2.14. The number of Topliss-reactive ketones (excluding diaryl/α,β-unsaturated/α-hetero) is 1. The molecular formula is C11H24N2O. The molecule has 0 aromatic carbocycles. The first kappa shape index (κ1) is 13.6. The third kappa shape index (κ3) is 7.04. The maximum atomic E-state index is 10.9. The number of rotatable bonds is 3. The Hall–Kier alpha value is -0.410. The zero-order valence-electron chi connectivity index (χ0n) is 9.81. The minimum absolute atomic E-state index is 0.442. The molecule has 1 fully saturated rings. The molecule has 1 saturated heterocycles. The number of carbonyl (C=O) groups is 1. The van der Waals surface area contributed by atoms with E-state index < -0.39 is 0 Å². The topological polar surface area (TPSA) is 32.3 Å². The fourth-order valence-electron chi connectivity index (χ4n) is 1.41. The van der Waals surface area contributed by atoms with E-state index in [4.69, 9.17) is 0 Å². The third-order valence-corrected chi connectivity index (χ3v) is 2.24. The van der Waals surface area contributed by atoms with Gasteiger partial charge in [-0.2, -0.15) is 0 Å². The lowest BCUT2D eigenvalue weighted by atomic mass is 10.1. The van der Waals surface area contributed by atoms with Crippen LogP contribution in [0.3, 0.4) is 0 Å². The van der Waals surface area contributed by atoms with Gasteiger partial charge < -0.3 is 10.2 Å². The van der Waals surface area contributed by atoms with Gasteiger partial charge in [-0.1, -0.05) is 13.3 Å². The molecule has 3 heteroatoms. The number of nitrogens with one attached hydrogen (secondary N) is 1.